The molecule has 2 aromatic carbocycles. The van der Waals surface area contributed by atoms with E-state index >= 15 is 0 Å². The largest absolute Gasteiger partial charge is 0.490 e. The first-order valence-corrected chi connectivity index (χ1v) is 8.15. The fourth-order valence-electron chi connectivity index (χ4n) is 2.20. The monoisotopic (exact) mass is 367 g/mol. The Hall–Kier alpha value is -2.11. The molecule has 0 aromatic heterocycles. The van der Waals surface area contributed by atoms with E-state index in [0.717, 1.165) is 6.42 Å². The molecule has 7 heteroatoms. The minimum Gasteiger partial charge on any atom is -0.490 e. The predicted molar refractivity (Wildman–Crippen MR) is 92.6 cm³/mol. The SMILES string of the molecule is O=C(COc1c(Cl)cccc1Cl)Nc1ccc2c(c1)OCCCO2. The minimum atomic E-state index is -0.333. The molecule has 24 heavy (non-hydrogen) atoms. The Kier molecular flexibility index (Phi) is 5.33. The third-order valence-electron chi connectivity index (χ3n) is 3.30. The number of benzene rings is 2. The van der Waals surface area contributed by atoms with Gasteiger partial charge in [0, 0.05) is 18.2 Å². The summed E-state index contributed by atoms with van der Waals surface area (Å²) >= 11 is 12.0. The number of hydrogen-bond acceptors (Lipinski definition) is 4. The molecule has 0 spiro atoms. The van der Waals surface area contributed by atoms with E-state index < -0.39 is 0 Å². The number of ether oxygens (including phenoxy) is 3. The Labute approximate surface area is 149 Å². The van der Waals surface area contributed by atoms with Gasteiger partial charge in [0.2, 0.25) is 0 Å². The van der Waals surface area contributed by atoms with Crippen molar-refractivity contribution in [1.82, 2.24) is 0 Å². The van der Waals surface area contributed by atoms with Crippen LogP contribution in [0.5, 0.6) is 17.2 Å². The highest BCUT2D eigenvalue weighted by Crippen LogP contribution is 2.33. The summed E-state index contributed by atoms with van der Waals surface area (Å²) in [7, 11) is 0. The highest BCUT2D eigenvalue weighted by molar-refractivity contribution is 6.37. The molecule has 1 N–H and O–H groups in total. The van der Waals surface area contributed by atoms with Crippen LogP contribution in [0, 0.1) is 0 Å². The first-order chi connectivity index (χ1) is 11.6. The minimum absolute atomic E-state index is 0.210. The second-order valence-corrected chi connectivity index (χ2v) is 5.91. The van der Waals surface area contributed by atoms with Gasteiger partial charge < -0.3 is 19.5 Å². The van der Waals surface area contributed by atoms with Crippen LogP contribution in [0.25, 0.3) is 0 Å². The van der Waals surface area contributed by atoms with E-state index in [9.17, 15) is 4.79 Å². The number of nitrogens with one attached hydrogen (secondary N) is 1. The average molecular weight is 368 g/mol. The lowest BCUT2D eigenvalue weighted by Gasteiger charge is -2.12. The number of rotatable bonds is 4. The zero-order valence-electron chi connectivity index (χ0n) is 12.7. The lowest BCUT2D eigenvalue weighted by Crippen LogP contribution is -2.20. The van der Waals surface area contributed by atoms with Gasteiger partial charge in [-0.3, -0.25) is 4.79 Å². The summed E-state index contributed by atoms with van der Waals surface area (Å²) in [4.78, 5) is 12.1. The van der Waals surface area contributed by atoms with Crippen LogP contribution < -0.4 is 19.5 Å². The maximum absolute atomic E-state index is 12.1. The molecule has 126 valence electrons. The molecule has 0 saturated carbocycles. The van der Waals surface area contributed by atoms with Gasteiger partial charge in [0.25, 0.3) is 5.91 Å². The third-order valence-corrected chi connectivity index (χ3v) is 3.89. The number of halogens is 2. The standard InChI is InChI=1S/C17H15Cl2NO4/c18-12-3-1-4-13(19)17(12)24-10-16(21)20-11-5-6-14-15(9-11)23-8-2-7-22-14/h1,3-6,9H,2,7-8,10H2,(H,20,21). The molecule has 5 nitrogen and oxygen atoms in total. The summed E-state index contributed by atoms with van der Waals surface area (Å²) in [6.45, 7) is 0.988. The number of amides is 1. The lowest BCUT2D eigenvalue weighted by atomic mass is 10.2. The van der Waals surface area contributed by atoms with E-state index in [1.807, 2.05) is 0 Å². The number of hydrogen-bond donors (Lipinski definition) is 1. The molecule has 1 aliphatic rings. The van der Waals surface area contributed by atoms with Crippen LogP contribution in [-0.2, 0) is 4.79 Å². The van der Waals surface area contributed by atoms with Gasteiger partial charge in [0.05, 0.1) is 23.3 Å². The van der Waals surface area contributed by atoms with Gasteiger partial charge >= 0.3 is 0 Å². The molecule has 1 aliphatic heterocycles. The van der Waals surface area contributed by atoms with Gasteiger partial charge in [-0.1, -0.05) is 29.3 Å². The summed E-state index contributed by atoms with van der Waals surface area (Å²) in [6.07, 6.45) is 0.822. The zero-order valence-corrected chi connectivity index (χ0v) is 14.2. The van der Waals surface area contributed by atoms with Crippen LogP contribution in [-0.4, -0.2) is 25.7 Å². The molecular formula is C17H15Cl2NO4. The Bertz CT molecular complexity index is 731. The topological polar surface area (TPSA) is 56.8 Å². The molecule has 2 aromatic rings. The summed E-state index contributed by atoms with van der Waals surface area (Å²) in [5, 5.41) is 3.44. The van der Waals surface area contributed by atoms with Gasteiger partial charge in [0.1, 0.15) is 0 Å². The maximum Gasteiger partial charge on any atom is 0.262 e. The molecule has 0 aliphatic carbocycles. The van der Waals surface area contributed by atoms with Crippen molar-refractivity contribution in [1.29, 1.82) is 0 Å². The van der Waals surface area contributed by atoms with E-state index in [-0.39, 0.29) is 18.3 Å². The van der Waals surface area contributed by atoms with Crippen LogP contribution in [0.2, 0.25) is 10.0 Å². The number of fused-ring (bicyclic) bond motifs is 1. The van der Waals surface area contributed by atoms with Gasteiger partial charge in [0.15, 0.2) is 23.9 Å². The van der Waals surface area contributed by atoms with Crippen molar-refractivity contribution in [2.24, 2.45) is 0 Å². The van der Waals surface area contributed by atoms with Gasteiger partial charge in [-0.15, -0.1) is 0 Å². The normalized spacial score (nSPS) is 13.1. The second kappa shape index (κ2) is 7.64. The number of anilines is 1. The fourth-order valence-corrected chi connectivity index (χ4v) is 2.70. The first kappa shape index (κ1) is 16.7. The summed E-state index contributed by atoms with van der Waals surface area (Å²) < 4.78 is 16.5. The number of para-hydroxylation sites is 1. The highest BCUT2D eigenvalue weighted by Gasteiger charge is 2.13. The van der Waals surface area contributed by atoms with E-state index in [0.29, 0.717) is 40.4 Å². The van der Waals surface area contributed by atoms with Crippen molar-refractivity contribution >= 4 is 34.8 Å². The zero-order chi connectivity index (χ0) is 16.9. The summed E-state index contributed by atoms with van der Waals surface area (Å²) in [5.74, 6) is 1.24. The Balaban J connectivity index is 1.62. The van der Waals surface area contributed by atoms with Crippen molar-refractivity contribution in [3.8, 4) is 17.2 Å². The molecule has 0 saturated heterocycles. The molecule has 1 heterocycles. The second-order valence-electron chi connectivity index (χ2n) is 5.10. The number of carbonyl (C=O) groups is 1. The van der Waals surface area contributed by atoms with Crippen molar-refractivity contribution in [3.05, 3.63) is 46.4 Å². The van der Waals surface area contributed by atoms with E-state index in [4.69, 9.17) is 37.4 Å². The van der Waals surface area contributed by atoms with Crippen LogP contribution in [0.15, 0.2) is 36.4 Å². The third kappa shape index (κ3) is 4.04. The van der Waals surface area contributed by atoms with Gasteiger partial charge in [-0.05, 0) is 24.3 Å². The van der Waals surface area contributed by atoms with Crippen LogP contribution in [0.3, 0.4) is 0 Å². The van der Waals surface area contributed by atoms with Crippen LogP contribution in [0.1, 0.15) is 6.42 Å². The van der Waals surface area contributed by atoms with Crippen molar-refractivity contribution in [2.75, 3.05) is 25.1 Å². The van der Waals surface area contributed by atoms with Gasteiger partial charge in [-0.2, -0.15) is 0 Å². The Morgan fingerprint density at radius 2 is 1.79 bits per heavy atom. The van der Waals surface area contributed by atoms with Crippen molar-refractivity contribution in [3.63, 3.8) is 0 Å². The van der Waals surface area contributed by atoms with Gasteiger partial charge in [-0.25, -0.2) is 0 Å². The lowest BCUT2D eigenvalue weighted by molar-refractivity contribution is -0.118. The molecule has 0 atom stereocenters. The van der Waals surface area contributed by atoms with Crippen LogP contribution in [0.4, 0.5) is 5.69 Å². The number of carbonyl (C=O) groups excluding carboxylic acids is 1. The quantitative estimate of drug-likeness (QED) is 0.880. The summed E-state index contributed by atoms with van der Waals surface area (Å²) in [5.41, 5.74) is 0.595. The molecule has 3 rings (SSSR count). The molecular weight excluding hydrogens is 353 g/mol. The molecule has 0 fully saturated rings. The maximum atomic E-state index is 12.1. The first-order valence-electron chi connectivity index (χ1n) is 7.40. The van der Waals surface area contributed by atoms with Crippen molar-refractivity contribution in [2.45, 2.75) is 6.42 Å². The Morgan fingerprint density at radius 1 is 1.08 bits per heavy atom. The van der Waals surface area contributed by atoms with E-state index in [1.165, 1.54) is 0 Å². The summed E-state index contributed by atoms with van der Waals surface area (Å²) in [6, 6.07) is 10.2. The molecule has 0 unspecified atom stereocenters. The average Bonchev–Trinajstić information content (AvgIpc) is 2.79. The highest BCUT2D eigenvalue weighted by atomic mass is 35.5. The predicted octanol–water partition coefficient (Wildman–Crippen LogP) is 4.17. The Morgan fingerprint density at radius 3 is 2.54 bits per heavy atom. The van der Waals surface area contributed by atoms with E-state index in [2.05, 4.69) is 5.32 Å². The van der Waals surface area contributed by atoms with Crippen molar-refractivity contribution < 1.29 is 19.0 Å². The van der Waals surface area contributed by atoms with Crippen LogP contribution >= 0.6 is 23.2 Å². The smallest absolute Gasteiger partial charge is 0.262 e. The molecule has 1 amide bonds. The molecule has 0 radical (unpaired) electrons. The van der Waals surface area contributed by atoms with E-state index in [1.54, 1.807) is 36.4 Å². The molecule has 0 bridgehead atoms. The fraction of sp³-hybridized carbons (Fsp3) is 0.235.